The highest BCUT2D eigenvalue weighted by molar-refractivity contribution is 6.35. The zero-order valence-corrected chi connectivity index (χ0v) is 15.9. The molecule has 0 unspecified atom stereocenters. The zero-order chi connectivity index (χ0) is 18.5. The second-order valence-corrected chi connectivity index (χ2v) is 7.95. The Bertz CT molecular complexity index is 1080. The Kier molecular flexibility index (Phi) is 4.26. The van der Waals surface area contributed by atoms with Crippen molar-refractivity contribution in [1.29, 1.82) is 0 Å². The van der Waals surface area contributed by atoms with Gasteiger partial charge in [0.2, 0.25) is 0 Å². The Balaban J connectivity index is 1.77. The predicted molar refractivity (Wildman–Crippen MR) is 102 cm³/mol. The molecule has 0 amide bonds. The minimum absolute atomic E-state index is 0.152. The first-order chi connectivity index (χ1) is 12.3. The molecule has 26 heavy (non-hydrogen) atoms. The van der Waals surface area contributed by atoms with Crippen LogP contribution in [-0.4, -0.2) is 20.1 Å². The van der Waals surface area contributed by atoms with E-state index in [1.165, 1.54) is 10.9 Å². The number of aromatic nitrogens is 3. The summed E-state index contributed by atoms with van der Waals surface area (Å²) in [6, 6.07) is 7.07. The molecule has 3 heterocycles. The number of fused-ring (bicyclic) bond motifs is 2. The number of hydrogen-bond acceptors (Lipinski definition) is 4. The van der Waals surface area contributed by atoms with Gasteiger partial charge >= 0.3 is 0 Å². The van der Waals surface area contributed by atoms with Crippen molar-refractivity contribution in [3.63, 3.8) is 0 Å². The number of ether oxygens (including phenoxy) is 1. The van der Waals surface area contributed by atoms with Gasteiger partial charge in [0.05, 0.1) is 29.8 Å². The van der Waals surface area contributed by atoms with E-state index in [0.717, 1.165) is 16.8 Å². The van der Waals surface area contributed by atoms with E-state index in [0.29, 0.717) is 40.7 Å². The number of nitrogens with zero attached hydrogens (tertiary/aromatic N) is 3. The first-order valence-corrected chi connectivity index (χ1v) is 9.04. The van der Waals surface area contributed by atoms with E-state index in [9.17, 15) is 4.79 Å². The van der Waals surface area contributed by atoms with Gasteiger partial charge in [-0.3, -0.25) is 9.36 Å². The van der Waals surface area contributed by atoms with E-state index in [4.69, 9.17) is 27.9 Å². The van der Waals surface area contributed by atoms with E-state index in [2.05, 4.69) is 9.97 Å². The van der Waals surface area contributed by atoms with Gasteiger partial charge in [0.25, 0.3) is 5.56 Å². The van der Waals surface area contributed by atoms with Gasteiger partial charge in [-0.05, 0) is 37.6 Å². The Morgan fingerprint density at radius 1 is 1.27 bits per heavy atom. The second-order valence-electron chi connectivity index (χ2n) is 7.10. The normalized spacial score (nSPS) is 15.8. The second kappa shape index (κ2) is 6.34. The van der Waals surface area contributed by atoms with E-state index in [1.54, 1.807) is 12.1 Å². The molecule has 0 fully saturated rings. The lowest BCUT2D eigenvalue weighted by molar-refractivity contribution is -0.0411. The fourth-order valence-electron chi connectivity index (χ4n) is 3.12. The van der Waals surface area contributed by atoms with Crippen molar-refractivity contribution in [2.45, 2.75) is 39.0 Å². The van der Waals surface area contributed by atoms with Crippen LogP contribution in [0, 0.1) is 0 Å². The lowest BCUT2D eigenvalue weighted by atomic mass is 9.95. The quantitative estimate of drug-likeness (QED) is 0.664. The smallest absolute Gasteiger partial charge is 0.263 e. The average Bonchev–Trinajstić information content (AvgIpc) is 2.57. The summed E-state index contributed by atoms with van der Waals surface area (Å²) in [4.78, 5) is 21.9. The molecular formula is C19H17Cl2N3O2. The maximum absolute atomic E-state index is 12.9. The number of rotatable bonds is 2. The molecule has 1 aliphatic rings. The van der Waals surface area contributed by atoms with Gasteiger partial charge in [0.15, 0.2) is 5.65 Å². The monoisotopic (exact) mass is 389 g/mol. The number of benzene rings is 1. The van der Waals surface area contributed by atoms with Gasteiger partial charge < -0.3 is 4.74 Å². The molecule has 0 saturated carbocycles. The molecule has 0 bridgehead atoms. The Hall–Kier alpha value is -1.95. The van der Waals surface area contributed by atoms with Gasteiger partial charge in [-0.1, -0.05) is 29.3 Å². The predicted octanol–water partition coefficient (Wildman–Crippen LogP) is 4.00. The number of pyridine rings is 1. The Morgan fingerprint density at radius 2 is 2.08 bits per heavy atom. The Labute approximate surface area is 160 Å². The van der Waals surface area contributed by atoms with Crippen molar-refractivity contribution in [1.82, 2.24) is 14.5 Å². The Morgan fingerprint density at radius 3 is 2.85 bits per heavy atom. The van der Waals surface area contributed by atoms with Crippen LogP contribution in [0.25, 0.3) is 11.0 Å². The molecule has 1 aliphatic heterocycles. The van der Waals surface area contributed by atoms with Crippen LogP contribution >= 0.6 is 23.2 Å². The molecule has 0 atom stereocenters. The minimum atomic E-state index is -0.256. The third kappa shape index (κ3) is 3.22. The van der Waals surface area contributed by atoms with Crippen LogP contribution in [0.3, 0.4) is 0 Å². The van der Waals surface area contributed by atoms with Crippen LogP contribution in [0.2, 0.25) is 10.0 Å². The topological polar surface area (TPSA) is 57.0 Å². The molecule has 5 nitrogen and oxygen atoms in total. The van der Waals surface area contributed by atoms with Crippen molar-refractivity contribution in [2.24, 2.45) is 0 Å². The summed E-state index contributed by atoms with van der Waals surface area (Å²) in [5.74, 6) is 0. The van der Waals surface area contributed by atoms with E-state index in [1.807, 2.05) is 26.0 Å². The van der Waals surface area contributed by atoms with E-state index < -0.39 is 0 Å². The molecule has 0 aliphatic carbocycles. The third-order valence-corrected chi connectivity index (χ3v) is 5.14. The largest absolute Gasteiger partial charge is 0.370 e. The van der Waals surface area contributed by atoms with E-state index >= 15 is 0 Å². The van der Waals surface area contributed by atoms with E-state index in [-0.39, 0.29) is 11.2 Å². The minimum Gasteiger partial charge on any atom is -0.370 e. The molecule has 7 heteroatoms. The summed E-state index contributed by atoms with van der Waals surface area (Å²) in [7, 11) is 0. The highest BCUT2D eigenvalue weighted by atomic mass is 35.5. The molecular weight excluding hydrogens is 373 g/mol. The van der Waals surface area contributed by atoms with Crippen LogP contribution in [0.5, 0.6) is 0 Å². The molecule has 2 aromatic heterocycles. The number of halogens is 2. The molecule has 0 saturated heterocycles. The highest BCUT2D eigenvalue weighted by Gasteiger charge is 2.27. The zero-order valence-electron chi connectivity index (χ0n) is 14.4. The maximum Gasteiger partial charge on any atom is 0.263 e. The summed E-state index contributed by atoms with van der Waals surface area (Å²) in [6.07, 6.45) is 2.21. The summed E-state index contributed by atoms with van der Waals surface area (Å²) in [5, 5.41) is 1.56. The highest BCUT2D eigenvalue weighted by Crippen LogP contribution is 2.27. The van der Waals surface area contributed by atoms with Gasteiger partial charge in [-0.2, -0.15) is 0 Å². The van der Waals surface area contributed by atoms with Crippen molar-refractivity contribution in [3.8, 4) is 0 Å². The van der Waals surface area contributed by atoms with Crippen LogP contribution in [0.1, 0.15) is 30.7 Å². The number of hydrogen-bond donors (Lipinski definition) is 0. The molecule has 1 aromatic carbocycles. The summed E-state index contributed by atoms with van der Waals surface area (Å²) in [6.45, 7) is 4.83. The molecule has 0 N–H and O–H groups in total. The van der Waals surface area contributed by atoms with Crippen LogP contribution in [0.4, 0.5) is 0 Å². The SMILES string of the molecule is CC1(C)Cc2nc3ncn(Cc4ccc(Cl)cc4Cl)c(=O)c3cc2CO1. The molecule has 134 valence electrons. The summed E-state index contributed by atoms with van der Waals surface area (Å²) in [5.41, 5.74) is 2.74. The maximum atomic E-state index is 12.9. The fourth-order valence-corrected chi connectivity index (χ4v) is 3.59. The third-order valence-electron chi connectivity index (χ3n) is 4.55. The lowest BCUT2D eigenvalue weighted by Crippen LogP contribution is -2.33. The molecule has 4 rings (SSSR count). The first-order valence-electron chi connectivity index (χ1n) is 8.28. The standard InChI is InChI=1S/C19H17Cl2N3O2/c1-19(2)7-16-12(9-26-19)5-14-17(23-16)22-10-24(18(14)25)8-11-3-4-13(20)6-15(11)21/h3-6,10H,7-9H2,1-2H3. The van der Waals surface area contributed by atoms with Gasteiger partial charge in [0, 0.05) is 22.0 Å². The van der Waals surface area contributed by atoms with Crippen LogP contribution in [0.15, 0.2) is 35.4 Å². The van der Waals surface area contributed by atoms with Crippen LogP contribution < -0.4 is 5.56 Å². The van der Waals surface area contributed by atoms with Gasteiger partial charge in [0.1, 0.15) is 6.33 Å². The molecule has 3 aromatic rings. The summed E-state index contributed by atoms with van der Waals surface area (Å²) < 4.78 is 7.36. The fraction of sp³-hybridized carbons (Fsp3) is 0.316. The lowest BCUT2D eigenvalue weighted by Gasteiger charge is -2.31. The average molecular weight is 390 g/mol. The van der Waals surface area contributed by atoms with Gasteiger partial charge in [-0.15, -0.1) is 0 Å². The molecule has 0 radical (unpaired) electrons. The van der Waals surface area contributed by atoms with Crippen molar-refractivity contribution < 1.29 is 4.74 Å². The van der Waals surface area contributed by atoms with Crippen molar-refractivity contribution in [2.75, 3.05) is 0 Å². The summed E-state index contributed by atoms with van der Waals surface area (Å²) >= 11 is 12.2. The van der Waals surface area contributed by atoms with Crippen molar-refractivity contribution in [3.05, 3.63) is 67.8 Å². The van der Waals surface area contributed by atoms with Gasteiger partial charge in [-0.25, -0.2) is 9.97 Å². The van der Waals surface area contributed by atoms with Crippen molar-refractivity contribution >= 4 is 34.2 Å². The molecule has 0 spiro atoms. The first kappa shape index (κ1) is 17.5. The van der Waals surface area contributed by atoms with Crippen LogP contribution in [-0.2, 0) is 24.3 Å².